The molecule has 0 unspecified atom stereocenters. The van der Waals surface area contributed by atoms with Crippen LogP contribution in [0.1, 0.15) is 5.69 Å². The van der Waals surface area contributed by atoms with Crippen LogP contribution in [0.25, 0.3) is 0 Å². The molecule has 9 nitrogen and oxygen atoms in total. The van der Waals surface area contributed by atoms with E-state index in [0.29, 0.717) is 36.4 Å². The molecule has 0 bridgehead atoms. The van der Waals surface area contributed by atoms with Gasteiger partial charge in [0.2, 0.25) is 5.95 Å². The van der Waals surface area contributed by atoms with Gasteiger partial charge < -0.3 is 19.7 Å². The number of benzene rings is 2. The monoisotopic (exact) mass is 455 g/mol. The first-order valence-electron chi connectivity index (χ1n) is 10.2. The molecule has 3 aromatic rings. The molecule has 1 aromatic heterocycles. The minimum absolute atomic E-state index is 0.160. The van der Waals surface area contributed by atoms with Gasteiger partial charge >= 0.3 is 0 Å². The Balaban J connectivity index is 1.45. The van der Waals surface area contributed by atoms with E-state index in [4.69, 9.17) is 9.47 Å². The van der Waals surface area contributed by atoms with E-state index in [-0.39, 0.29) is 4.90 Å². The predicted molar refractivity (Wildman–Crippen MR) is 123 cm³/mol. The summed E-state index contributed by atoms with van der Waals surface area (Å²) in [4.78, 5) is 11.4. The van der Waals surface area contributed by atoms with Gasteiger partial charge in [0.05, 0.1) is 25.2 Å². The van der Waals surface area contributed by atoms with E-state index in [1.807, 2.05) is 13.0 Å². The van der Waals surface area contributed by atoms with Crippen LogP contribution in [0.3, 0.4) is 0 Å². The number of sulfonamides is 1. The molecule has 1 saturated heterocycles. The Morgan fingerprint density at radius 3 is 2.28 bits per heavy atom. The van der Waals surface area contributed by atoms with Crippen LogP contribution in [0, 0.1) is 6.92 Å². The molecule has 10 heteroatoms. The fourth-order valence-electron chi connectivity index (χ4n) is 3.26. The molecule has 4 rings (SSSR count). The van der Waals surface area contributed by atoms with E-state index in [2.05, 4.69) is 24.9 Å². The summed E-state index contributed by atoms with van der Waals surface area (Å²) in [5.41, 5.74) is 2.09. The second kappa shape index (κ2) is 9.41. The molecule has 0 spiro atoms. The zero-order valence-electron chi connectivity index (χ0n) is 17.9. The van der Waals surface area contributed by atoms with Gasteiger partial charge in [0.25, 0.3) is 10.0 Å². The van der Waals surface area contributed by atoms with E-state index in [0.717, 1.165) is 24.5 Å². The minimum Gasteiger partial charge on any atom is -0.497 e. The predicted octanol–water partition coefficient (Wildman–Crippen LogP) is 3.17. The largest absolute Gasteiger partial charge is 0.497 e. The van der Waals surface area contributed by atoms with Crippen LogP contribution >= 0.6 is 0 Å². The normalized spacial score (nSPS) is 14.1. The Morgan fingerprint density at radius 2 is 1.62 bits per heavy atom. The number of nitrogens with zero attached hydrogens (tertiary/aromatic N) is 3. The quantitative estimate of drug-likeness (QED) is 0.560. The van der Waals surface area contributed by atoms with Crippen molar-refractivity contribution in [2.45, 2.75) is 11.8 Å². The fourth-order valence-corrected chi connectivity index (χ4v) is 4.32. The van der Waals surface area contributed by atoms with Crippen LogP contribution in [-0.2, 0) is 14.8 Å². The van der Waals surface area contributed by atoms with Gasteiger partial charge in [-0.25, -0.2) is 13.4 Å². The molecule has 0 saturated carbocycles. The summed E-state index contributed by atoms with van der Waals surface area (Å²) in [6.07, 6.45) is 0. The van der Waals surface area contributed by atoms with Crippen LogP contribution in [0.15, 0.2) is 59.5 Å². The highest BCUT2D eigenvalue weighted by atomic mass is 32.2. The molecule has 1 aliphatic rings. The van der Waals surface area contributed by atoms with Crippen LogP contribution in [0.2, 0.25) is 0 Å². The molecule has 32 heavy (non-hydrogen) atoms. The number of aromatic nitrogens is 2. The topological polar surface area (TPSA) is 106 Å². The minimum atomic E-state index is -3.70. The van der Waals surface area contributed by atoms with Gasteiger partial charge in [-0.1, -0.05) is 0 Å². The van der Waals surface area contributed by atoms with Crippen LogP contribution in [0.5, 0.6) is 5.75 Å². The summed E-state index contributed by atoms with van der Waals surface area (Å²) in [5.74, 6) is 1.93. The van der Waals surface area contributed by atoms with E-state index >= 15 is 0 Å². The summed E-state index contributed by atoms with van der Waals surface area (Å²) in [5, 5.41) is 3.26. The van der Waals surface area contributed by atoms with Gasteiger partial charge in [-0.05, 0) is 55.5 Å². The molecule has 0 aliphatic carbocycles. The average Bonchev–Trinajstić information content (AvgIpc) is 2.80. The first-order chi connectivity index (χ1) is 15.4. The second-order valence-corrected chi connectivity index (χ2v) is 8.96. The first kappa shape index (κ1) is 21.8. The van der Waals surface area contributed by atoms with Crippen molar-refractivity contribution in [1.82, 2.24) is 9.97 Å². The maximum absolute atomic E-state index is 12.6. The van der Waals surface area contributed by atoms with Gasteiger partial charge in [-0.3, -0.25) is 4.72 Å². The molecular formula is C22H25N5O4S. The lowest BCUT2D eigenvalue weighted by molar-refractivity contribution is 0.122. The number of hydrogen-bond acceptors (Lipinski definition) is 8. The van der Waals surface area contributed by atoms with Crippen molar-refractivity contribution in [2.24, 2.45) is 0 Å². The van der Waals surface area contributed by atoms with E-state index in [1.165, 1.54) is 19.2 Å². The summed E-state index contributed by atoms with van der Waals surface area (Å²) in [6.45, 7) is 4.76. The van der Waals surface area contributed by atoms with Crippen molar-refractivity contribution in [3.8, 4) is 5.75 Å². The zero-order valence-corrected chi connectivity index (χ0v) is 18.7. The van der Waals surface area contributed by atoms with E-state index < -0.39 is 10.0 Å². The SMILES string of the molecule is COc1ccc(S(=O)(=O)Nc2ccc(Nc3cc(C)nc(N4CCOCC4)n3)cc2)cc1. The molecule has 1 aliphatic heterocycles. The molecule has 168 valence electrons. The first-order valence-corrected chi connectivity index (χ1v) is 11.6. The van der Waals surface area contributed by atoms with E-state index in [1.54, 1.807) is 36.4 Å². The highest BCUT2D eigenvalue weighted by molar-refractivity contribution is 7.92. The average molecular weight is 456 g/mol. The smallest absolute Gasteiger partial charge is 0.261 e. The van der Waals surface area contributed by atoms with Crippen molar-refractivity contribution in [3.63, 3.8) is 0 Å². The number of morpholine rings is 1. The van der Waals surface area contributed by atoms with Gasteiger partial charge in [-0.2, -0.15) is 4.98 Å². The maximum atomic E-state index is 12.6. The third kappa shape index (κ3) is 5.27. The number of hydrogen-bond donors (Lipinski definition) is 2. The summed E-state index contributed by atoms with van der Waals surface area (Å²) >= 11 is 0. The number of anilines is 4. The second-order valence-electron chi connectivity index (χ2n) is 7.28. The van der Waals surface area contributed by atoms with Gasteiger partial charge in [0, 0.05) is 36.2 Å². The maximum Gasteiger partial charge on any atom is 0.261 e. The Bertz CT molecular complexity index is 1160. The molecule has 2 heterocycles. The fraction of sp³-hybridized carbons (Fsp3) is 0.273. The number of nitrogens with one attached hydrogen (secondary N) is 2. The lowest BCUT2D eigenvalue weighted by Gasteiger charge is -2.27. The Hall–Kier alpha value is -3.37. The molecule has 0 radical (unpaired) electrons. The number of rotatable bonds is 7. The Kier molecular flexibility index (Phi) is 6.42. The van der Waals surface area contributed by atoms with Crippen molar-refractivity contribution < 1.29 is 17.9 Å². The molecule has 0 atom stereocenters. The molecule has 2 N–H and O–H groups in total. The lowest BCUT2D eigenvalue weighted by atomic mass is 10.3. The standard InChI is InChI=1S/C22H25N5O4S/c1-16-15-21(25-22(23-16)27-11-13-31-14-12-27)24-17-3-5-18(6-4-17)26-32(28,29)20-9-7-19(30-2)8-10-20/h3-10,15,26H,11-14H2,1-2H3,(H,23,24,25). The molecule has 1 fully saturated rings. The summed E-state index contributed by atoms with van der Waals surface area (Å²) < 4.78 is 38.3. The van der Waals surface area contributed by atoms with E-state index in [9.17, 15) is 8.42 Å². The van der Waals surface area contributed by atoms with Crippen LogP contribution in [0.4, 0.5) is 23.1 Å². The lowest BCUT2D eigenvalue weighted by Crippen LogP contribution is -2.37. The third-order valence-electron chi connectivity index (χ3n) is 4.92. The van der Waals surface area contributed by atoms with Gasteiger partial charge in [0.1, 0.15) is 11.6 Å². The van der Waals surface area contributed by atoms with Crippen LogP contribution in [-0.4, -0.2) is 51.8 Å². The van der Waals surface area contributed by atoms with Crippen molar-refractivity contribution in [1.29, 1.82) is 0 Å². The van der Waals surface area contributed by atoms with Gasteiger partial charge in [-0.15, -0.1) is 0 Å². The molecular weight excluding hydrogens is 430 g/mol. The van der Waals surface area contributed by atoms with Gasteiger partial charge in [0.15, 0.2) is 0 Å². The van der Waals surface area contributed by atoms with Crippen molar-refractivity contribution >= 4 is 33.2 Å². The number of ether oxygens (including phenoxy) is 2. The Labute approximate surface area is 187 Å². The number of aryl methyl sites for hydroxylation is 1. The zero-order chi connectivity index (χ0) is 22.6. The van der Waals surface area contributed by atoms with Crippen molar-refractivity contribution in [2.75, 3.05) is 48.4 Å². The molecule has 0 amide bonds. The summed E-state index contributed by atoms with van der Waals surface area (Å²) in [7, 11) is -2.16. The number of methoxy groups -OCH3 is 1. The Morgan fingerprint density at radius 1 is 0.969 bits per heavy atom. The highest BCUT2D eigenvalue weighted by Gasteiger charge is 2.16. The van der Waals surface area contributed by atoms with Crippen LogP contribution < -0.4 is 19.7 Å². The van der Waals surface area contributed by atoms with Crippen molar-refractivity contribution in [3.05, 3.63) is 60.3 Å². The third-order valence-corrected chi connectivity index (χ3v) is 6.31. The molecule has 2 aromatic carbocycles. The summed E-state index contributed by atoms with van der Waals surface area (Å²) in [6, 6.07) is 15.1. The highest BCUT2D eigenvalue weighted by Crippen LogP contribution is 2.23.